The van der Waals surface area contributed by atoms with Gasteiger partial charge in [0.15, 0.2) is 5.78 Å². The molecule has 0 N–H and O–H groups in total. The molecule has 0 saturated carbocycles. The number of ether oxygens (including phenoxy) is 1. The predicted molar refractivity (Wildman–Crippen MR) is 65.2 cm³/mol. The van der Waals surface area contributed by atoms with Crippen molar-refractivity contribution < 1.29 is 13.9 Å². The van der Waals surface area contributed by atoms with Gasteiger partial charge in [-0.05, 0) is 31.7 Å². The van der Waals surface area contributed by atoms with Crippen molar-refractivity contribution in [1.29, 1.82) is 0 Å². The molecule has 17 heavy (non-hydrogen) atoms. The molecule has 1 saturated heterocycles. The minimum atomic E-state index is 0.202. The number of carbonyl (C=O) groups excluding carboxylic acids is 1. The summed E-state index contributed by atoms with van der Waals surface area (Å²) in [6, 6.07) is 1.78. The fraction of sp³-hybridized carbons (Fsp3) is 0.643. The topological polar surface area (TPSA) is 39.4 Å². The van der Waals surface area contributed by atoms with Crippen LogP contribution in [0.1, 0.15) is 55.1 Å². The first-order valence-corrected chi connectivity index (χ1v) is 6.52. The summed E-state index contributed by atoms with van der Waals surface area (Å²) in [7, 11) is 0. The van der Waals surface area contributed by atoms with Crippen molar-refractivity contribution in [1.82, 2.24) is 0 Å². The highest BCUT2D eigenvalue weighted by atomic mass is 16.5. The number of hydrogen-bond donors (Lipinski definition) is 0. The number of furan rings is 1. The third kappa shape index (κ3) is 3.19. The molecule has 1 aliphatic rings. The van der Waals surface area contributed by atoms with E-state index in [0.29, 0.717) is 12.5 Å². The maximum Gasteiger partial charge on any atom is 0.166 e. The number of rotatable bonds is 6. The lowest BCUT2D eigenvalue weighted by Crippen LogP contribution is -2.07. The largest absolute Gasteiger partial charge is 0.469 e. The van der Waals surface area contributed by atoms with Gasteiger partial charge in [-0.25, -0.2) is 0 Å². The van der Waals surface area contributed by atoms with Gasteiger partial charge in [0.2, 0.25) is 0 Å². The summed E-state index contributed by atoms with van der Waals surface area (Å²) in [5, 5.41) is 0. The smallest absolute Gasteiger partial charge is 0.166 e. The average Bonchev–Trinajstić information content (AvgIpc) is 2.99. The van der Waals surface area contributed by atoms with E-state index in [2.05, 4.69) is 0 Å². The quantitative estimate of drug-likeness (QED) is 0.711. The molecule has 1 atom stereocenters. The Labute approximate surface area is 102 Å². The van der Waals surface area contributed by atoms with Gasteiger partial charge in [0.05, 0.1) is 17.9 Å². The molecule has 2 rings (SSSR count). The Morgan fingerprint density at radius 1 is 1.53 bits per heavy atom. The van der Waals surface area contributed by atoms with Gasteiger partial charge in [-0.2, -0.15) is 0 Å². The molecule has 2 heterocycles. The normalized spacial score (nSPS) is 19.7. The molecule has 0 bridgehead atoms. The summed E-state index contributed by atoms with van der Waals surface area (Å²) in [6.07, 6.45) is 7.61. The summed E-state index contributed by atoms with van der Waals surface area (Å²) in [5.74, 6) is 1.01. The lowest BCUT2D eigenvalue weighted by molar-refractivity contribution is 0.0921. The molecule has 0 aliphatic carbocycles. The Morgan fingerprint density at radius 3 is 3.12 bits per heavy atom. The van der Waals surface area contributed by atoms with Crippen LogP contribution in [0.15, 0.2) is 16.7 Å². The van der Waals surface area contributed by atoms with Gasteiger partial charge in [-0.15, -0.1) is 0 Å². The minimum Gasteiger partial charge on any atom is -0.469 e. The standard InChI is InChI=1S/C14H20O3/c1-2-14-12(8-10-17-14)13(15)7-3-5-11-6-4-9-16-11/h8,10-11H,2-7,9H2,1H3. The van der Waals surface area contributed by atoms with E-state index in [1.807, 2.05) is 6.92 Å². The first-order valence-electron chi connectivity index (χ1n) is 6.52. The zero-order valence-electron chi connectivity index (χ0n) is 10.4. The Hall–Kier alpha value is -1.09. The van der Waals surface area contributed by atoms with E-state index in [0.717, 1.165) is 43.6 Å². The number of aryl methyl sites for hydroxylation is 1. The van der Waals surface area contributed by atoms with Crippen LogP contribution in [-0.4, -0.2) is 18.5 Å². The lowest BCUT2D eigenvalue weighted by atomic mass is 10.0. The van der Waals surface area contributed by atoms with E-state index in [-0.39, 0.29) is 5.78 Å². The molecule has 1 aliphatic heterocycles. The Bertz CT molecular complexity index is 361. The van der Waals surface area contributed by atoms with Crippen LogP contribution in [0, 0.1) is 0 Å². The van der Waals surface area contributed by atoms with Crippen molar-refractivity contribution in [3.63, 3.8) is 0 Å². The number of carbonyl (C=O) groups is 1. The molecule has 0 radical (unpaired) electrons. The highest BCUT2D eigenvalue weighted by Gasteiger charge is 2.17. The van der Waals surface area contributed by atoms with Gasteiger partial charge in [0.1, 0.15) is 5.76 Å². The van der Waals surface area contributed by atoms with Crippen LogP contribution in [0.2, 0.25) is 0 Å². The van der Waals surface area contributed by atoms with Crippen molar-refractivity contribution >= 4 is 5.78 Å². The van der Waals surface area contributed by atoms with Crippen LogP contribution in [0.4, 0.5) is 0 Å². The van der Waals surface area contributed by atoms with Crippen LogP contribution < -0.4 is 0 Å². The first kappa shape index (κ1) is 12.4. The van der Waals surface area contributed by atoms with Crippen molar-refractivity contribution in [2.45, 2.75) is 51.6 Å². The van der Waals surface area contributed by atoms with Crippen molar-refractivity contribution in [3.05, 3.63) is 23.7 Å². The first-order chi connectivity index (χ1) is 8.31. The molecule has 0 spiro atoms. The Kier molecular flexibility index (Phi) is 4.37. The summed E-state index contributed by atoms with van der Waals surface area (Å²) in [5.41, 5.74) is 0.764. The minimum absolute atomic E-state index is 0.202. The molecule has 3 heteroatoms. The second kappa shape index (κ2) is 6.01. The molecular formula is C14H20O3. The molecule has 0 amide bonds. The fourth-order valence-corrected chi connectivity index (χ4v) is 2.36. The van der Waals surface area contributed by atoms with Gasteiger partial charge in [-0.3, -0.25) is 4.79 Å². The Morgan fingerprint density at radius 2 is 2.41 bits per heavy atom. The summed E-state index contributed by atoms with van der Waals surface area (Å²) >= 11 is 0. The predicted octanol–water partition coefficient (Wildman–Crippen LogP) is 3.37. The number of ketones is 1. The maximum absolute atomic E-state index is 12.0. The van der Waals surface area contributed by atoms with Crippen LogP contribution >= 0.6 is 0 Å². The maximum atomic E-state index is 12.0. The number of hydrogen-bond acceptors (Lipinski definition) is 3. The molecular weight excluding hydrogens is 216 g/mol. The third-order valence-corrected chi connectivity index (χ3v) is 3.32. The van der Waals surface area contributed by atoms with Gasteiger partial charge < -0.3 is 9.15 Å². The molecule has 1 fully saturated rings. The van der Waals surface area contributed by atoms with Crippen molar-refractivity contribution in [2.75, 3.05) is 6.61 Å². The van der Waals surface area contributed by atoms with Crippen LogP contribution in [0.5, 0.6) is 0 Å². The van der Waals surface area contributed by atoms with E-state index >= 15 is 0 Å². The molecule has 94 valence electrons. The highest BCUT2D eigenvalue weighted by molar-refractivity contribution is 5.96. The fourth-order valence-electron chi connectivity index (χ4n) is 2.36. The zero-order valence-corrected chi connectivity index (χ0v) is 10.4. The molecule has 3 nitrogen and oxygen atoms in total. The van der Waals surface area contributed by atoms with Gasteiger partial charge in [-0.1, -0.05) is 6.92 Å². The summed E-state index contributed by atoms with van der Waals surface area (Å²) < 4.78 is 10.8. The highest BCUT2D eigenvalue weighted by Crippen LogP contribution is 2.20. The van der Waals surface area contributed by atoms with Gasteiger partial charge >= 0.3 is 0 Å². The summed E-state index contributed by atoms with van der Waals surface area (Å²) in [6.45, 7) is 2.89. The van der Waals surface area contributed by atoms with Crippen molar-refractivity contribution in [2.24, 2.45) is 0 Å². The SMILES string of the molecule is CCc1occc1C(=O)CCCC1CCCO1. The van der Waals surface area contributed by atoms with Crippen LogP contribution in [0.25, 0.3) is 0 Å². The molecule has 0 aromatic carbocycles. The molecule has 1 unspecified atom stereocenters. The zero-order chi connectivity index (χ0) is 12.1. The second-order valence-corrected chi connectivity index (χ2v) is 4.56. The van der Waals surface area contributed by atoms with E-state index in [1.54, 1.807) is 12.3 Å². The lowest BCUT2D eigenvalue weighted by Gasteiger charge is -2.07. The van der Waals surface area contributed by atoms with E-state index in [4.69, 9.17) is 9.15 Å². The van der Waals surface area contributed by atoms with Crippen LogP contribution in [0.3, 0.4) is 0 Å². The van der Waals surface area contributed by atoms with Gasteiger partial charge in [0.25, 0.3) is 0 Å². The third-order valence-electron chi connectivity index (χ3n) is 3.32. The molecule has 1 aromatic rings. The summed E-state index contributed by atoms with van der Waals surface area (Å²) in [4.78, 5) is 12.0. The van der Waals surface area contributed by atoms with Crippen LogP contribution in [-0.2, 0) is 11.2 Å². The monoisotopic (exact) mass is 236 g/mol. The van der Waals surface area contributed by atoms with E-state index in [1.165, 1.54) is 6.42 Å². The Balaban J connectivity index is 1.77. The van der Waals surface area contributed by atoms with Crippen molar-refractivity contribution in [3.8, 4) is 0 Å². The van der Waals surface area contributed by atoms with E-state index in [9.17, 15) is 4.79 Å². The average molecular weight is 236 g/mol. The van der Waals surface area contributed by atoms with Gasteiger partial charge in [0, 0.05) is 19.4 Å². The van der Waals surface area contributed by atoms with E-state index < -0.39 is 0 Å². The second-order valence-electron chi connectivity index (χ2n) is 4.56. The molecule has 1 aromatic heterocycles. The number of Topliss-reactive ketones (excluding diaryl/α,β-unsaturated/α-hetero) is 1.